The van der Waals surface area contributed by atoms with Gasteiger partial charge in [0.05, 0.1) is 19.3 Å². The molecule has 1 aromatic carbocycles. The van der Waals surface area contributed by atoms with Gasteiger partial charge < -0.3 is 9.84 Å². The van der Waals surface area contributed by atoms with Crippen LogP contribution < -0.4 is 4.74 Å². The maximum Gasteiger partial charge on any atom is 0.240 e. The van der Waals surface area contributed by atoms with Crippen LogP contribution in [-0.4, -0.2) is 34.9 Å². The van der Waals surface area contributed by atoms with Gasteiger partial charge in [0.1, 0.15) is 5.75 Å². The number of amides is 1. The van der Waals surface area contributed by atoms with Crippen LogP contribution >= 0.6 is 0 Å². The molecule has 5 aliphatic rings. The van der Waals surface area contributed by atoms with Gasteiger partial charge in [0.2, 0.25) is 5.91 Å². The van der Waals surface area contributed by atoms with Gasteiger partial charge in [-0.25, -0.2) is 5.01 Å². The Morgan fingerprint density at radius 2 is 1.83 bits per heavy atom. The smallest absolute Gasteiger partial charge is 0.240 e. The van der Waals surface area contributed by atoms with E-state index in [2.05, 4.69) is 32.1 Å². The molecule has 0 aromatic heterocycles. The molecule has 6 rings (SSSR count). The number of hydrazone groups is 1. The highest BCUT2D eigenvalue weighted by molar-refractivity contribution is 5.92. The number of aliphatic hydroxyl groups excluding tert-OH is 1. The molecule has 194 valence electrons. The lowest BCUT2D eigenvalue weighted by atomic mass is 9.47. The van der Waals surface area contributed by atoms with Crippen LogP contribution in [0.15, 0.2) is 41.0 Å². The predicted molar refractivity (Wildman–Crippen MR) is 142 cm³/mol. The highest BCUT2D eigenvalue weighted by Crippen LogP contribution is 2.66. The van der Waals surface area contributed by atoms with Gasteiger partial charge in [-0.3, -0.25) is 4.79 Å². The molecule has 8 atom stereocenters. The van der Waals surface area contributed by atoms with Crippen molar-refractivity contribution in [2.75, 3.05) is 7.11 Å². The maximum absolute atomic E-state index is 12.6. The zero-order valence-electron chi connectivity index (χ0n) is 22.4. The first kappa shape index (κ1) is 24.2. The molecule has 1 aromatic rings. The summed E-state index contributed by atoms with van der Waals surface area (Å²) in [4.78, 5) is 12.6. The Hall–Kier alpha value is -2.14. The summed E-state index contributed by atoms with van der Waals surface area (Å²) < 4.78 is 5.34. The molecular weight excluding hydrogens is 448 g/mol. The SMILES string of the molecule is COc1ccc([C@H]2CC([C@H]3CC[C@H]4[C@@H]5CC=C6C[C@@H](O)CC[C@]6(C)[C@H]5CC[C@]34C)=NN2C(C)=O)cc1. The number of fused-ring (bicyclic) bond motifs is 5. The van der Waals surface area contributed by atoms with Crippen LogP contribution in [0.4, 0.5) is 0 Å². The summed E-state index contributed by atoms with van der Waals surface area (Å²) in [6.07, 6.45) is 12.4. The number of carbonyl (C=O) groups is 1. The minimum atomic E-state index is -0.145. The Kier molecular flexibility index (Phi) is 5.86. The number of methoxy groups -OCH3 is 1. The van der Waals surface area contributed by atoms with E-state index < -0.39 is 0 Å². The first-order chi connectivity index (χ1) is 17.2. The van der Waals surface area contributed by atoms with Crippen LogP contribution in [-0.2, 0) is 4.79 Å². The van der Waals surface area contributed by atoms with E-state index in [9.17, 15) is 9.90 Å². The standard InChI is InChI=1S/C31H42N2O3/c1-19(34)33-29(20-5-8-23(36-4)9-6-20)18-28(32-33)27-12-11-25-24-10-7-21-17-22(35)13-15-30(21,2)26(24)14-16-31(25,27)3/h5-9,22,24-27,29,35H,10-18H2,1-4H3/t22-,24-,25-,26-,27+,29+,30-,31-/m0/s1. The molecule has 4 aliphatic carbocycles. The van der Waals surface area contributed by atoms with Crippen molar-refractivity contribution in [3.8, 4) is 5.75 Å². The molecule has 1 N–H and O–H groups in total. The van der Waals surface area contributed by atoms with Crippen molar-refractivity contribution in [2.24, 2.45) is 39.6 Å². The zero-order chi connectivity index (χ0) is 25.2. The van der Waals surface area contributed by atoms with Crippen molar-refractivity contribution in [2.45, 2.75) is 90.7 Å². The number of benzene rings is 1. The Labute approximate surface area is 216 Å². The number of rotatable bonds is 3. The van der Waals surface area contributed by atoms with E-state index in [1.54, 1.807) is 24.6 Å². The van der Waals surface area contributed by atoms with Gasteiger partial charge in [-0.2, -0.15) is 5.10 Å². The van der Waals surface area contributed by atoms with Gasteiger partial charge in [-0.15, -0.1) is 0 Å². The van der Waals surface area contributed by atoms with E-state index in [0.717, 1.165) is 54.7 Å². The van der Waals surface area contributed by atoms with Gasteiger partial charge in [-0.05, 0) is 97.6 Å². The second-order valence-corrected chi connectivity index (χ2v) is 12.8. The van der Waals surface area contributed by atoms with Crippen molar-refractivity contribution in [1.29, 1.82) is 0 Å². The Morgan fingerprint density at radius 3 is 2.56 bits per heavy atom. The normalized spacial score (nSPS) is 41.6. The van der Waals surface area contributed by atoms with E-state index in [1.165, 1.54) is 37.8 Å². The topological polar surface area (TPSA) is 62.1 Å². The third-order valence-corrected chi connectivity index (χ3v) is 11.2. The third kappa shape index (κ3) is 3.60. The lowest BCUT2D eigenvalue weighted by Gasteiger charge is -2.58. The van der Waals surface area contributed by atoms with Crippen molar-refractivity contribution in [3.63, 3.8) is 0 Å². The number of allylic oxidation sites excluding steroid dienone is 1. The minimum Gasteiger partial charge on any atom is -0.497 e. The zero-order valence-corrected chi connectivity index (χ0v) is 22.4. The largest absolute Gasteiger partial charge is 0.497 e. The van der Waals surface area contributed by atoms with E-state index in [0.29, 0.717) is 5.92 Å². The monoisotopic (exact) mass is 490 g/mol. The van der Waals surface area contributed by atoms with E-state index in [4.69, 9.17) is 9.84 Å². The van der Waals surface area contributed by atoms with Crippen LogP contribution in [0.3, 0.4) is 0 Å². The fourth-order valence-electron chi connectivity index (χ4n) is 9.31. The molecule has 0 saturated heterocycles. The molecule has 36 heavy (non-hydrogen) atoms. The van der Waals surface area contributed by atoms with E-state index >= 15 is 0 Å². The fourth-order valence-corrected chi connectivity index (χ4v) is 9.31. The summed E-state index contributed by atoms with van der Waals surface area (Å²) >= 11 is 0. The van der Waals surface area contributed by atoms with Crippen LogP contribution in [0, 0.1) is 34.5 Å². The molecule has 5 nitrogen and oxygen atoms in total. The third-order valence-electron chi connectivity index (χ3n) is 11.2. The summed E-state index contributed by atoms with van der Waals surface area (Å²) in [5.74, 6) is 3.51. The molecular formula is C31H42N2O3. The van der Waals surface area contributed by atoms with Gasteiger partial charge in [0, 0.05) is 25.0 Å². The molecule has 3 saturated carbocycles. The Balaban J connectivity index is 1.26. The van der Waals surface area contributed by atoms with Gasteiger partial charge >= 0.3 is 0 Å². The second-order valence-electron chi connectivity index (χ2n) is 12.8. The first-order valence-corrected chi connectivity index (χ1v) is 14.1. The molecule has 1 amide bonds. The minimum absolute atomic E-state index is 0.0184. The number of aliphatic hydroxyl groups is 1. The second kappa shape index (κ2) is 8.72. The van der Waals surface area contributed by atoms with E-state index in [1.807, 2.05) is 12.1 Å². The summed E-state index contributed by atoms with van der Waals surface area (Å²) in [5.41, 5.74) is 4.45. The molecule has 0 spiro atoms. The summed E-state index contributed by atoms with van der Waals surface area (Å²) in [6.45, 7) is 6.68. The van der Waals surface area contributed by atoms with Crippen molar-refractivity contribution < 1.29 is 14.6 Å². The summed E-state index contributed by atoms with van der Waals surface area (Å²) in [7, 11) is 1.68. The molecule has 1 aliphatic heterocycles. The molecule has 0 radical (unpaired) electrons. The number of nitrogens with zero attached hydrogens (tertiary/aromatic N) is 2. The molecule has 0 bridgehead atoms. The molecule has 1 heterocycles. The quantitative estimate of drug-likeness (QED) is 0.507. The number of hydrogen-bond acceptors (Lipinski definition) is 4. The first-order valence-electron chi connectivity index (χ1n) is 14.1. The van der Waals surface area contributed by atoms with Crippen LogP contribution in [0.1, 0.15) is 90.2 Å². The fraction of sp³-hybridized carbons (Fsp3) is 0.677. The number of hydrogen-bond donors (Lipinski definition) is 1. The lowest BCUT2D eigenvalue weighted by Crippen LogP contribution is -2.51. The Bertz CT molecular complexity index is 1090. The van der Waals surface area contributed by atoms with E-state index in [-0.39, 0.29) is 28.9 Å². The number of carbonyl (C=O) groups excluding carboxylic acids is 1. The highest BCUT2D eigenvalue weighted by atomic mass is 16.5. The van der Waals surface area contributed by atoms with Crippen LogP contribution in [0.25, 0.3) is 0 Å². The average Bonchev–Trinajstić information content (AvgIpc) is 3.46. The molecule has 5 heteroatoms. The van der Waals surface area contributed by atoms with Gasteiger partial charge in [0.15, 0.2) is 0 Å². The predicted octanol–water partition coefficient (Wildman–Crippen LogP) is 6.28. The summed E-state index contributed by atoms with van der Waals surface area (Å²) in [5, 5.41) is 17.1. The average molecular weight is 491 g/mol. The molecule has 0 unspecified atom stereocenters. The van der Waals surface area contributed by atoms with Crippen molar-refractivity contribution >= 4 is 11.6 Å². The van der Waals surface area contributed by atoms with Gasteiger partial charge in [0.25, 0.3) is 0 Å². The maximum atomic E-state index is 12.6. The Morgan fingerprint density at radius 1 is 1.06 bits per heavy atom. The van der Waals surface area contributed by atoms with Crippen LogP contribution in [0.2, 0.25) is 0 Å². The van der Waals surface area contributed by atoms with Crippen molar-refractivity contribution in [3.05, 3.63) is 41.5 Å². The number of ether oxygens (including phenoxy) is 1. The molecule has 3 fully saturated rings. The lowest BCUT2D eigenvalue weighted by molar-refractivity contribution is -0.130. The van der Waals surface area contributed by atoms with Gasteiger partial charge in [-0.1, -0.05) is 37.6 Å². The van der Waals surface area contributed by atoms with Crippen molar-refractivity contribution in [1.82, 2.24) is 5.01 Å². The highest BCUT2D eigenvalue weighted by Gasteiger charge is 2.59. The van der Waals surface area contributed by atoms with Crippen LogP contribution in [0.5, 0.6) is 5.75 Å². The summed E-state index contributed by atoms with van der Waals surface area (Å²) in [6, 6.07) is 8.10.